The quantitative estimate of drug-likeness (QED) is 0.503. The molecule has 0 radical (unpaired) electrons. The first kappa shape index (κ1) is 16.0. The highest BCUT2D eigenvalue weighted by Gasteiger charge is 2.22. The average Bonchev–Trinajstić information content (AvgIpc) is 2.45. The van der Waals surface area contributed by atoms with Crippen LogP contribution in [0.25, 0.3) is 0 Å². The van der Waals surface area contributed by atoms with Crippen molar-refractivity contribution in [3.05, 3.63) is 35.4 Å². The van der Waals surface area contributed by atoms with Crippen molar-refractivity contribution < 1.29 is 15.3 Å². The van der Waals surface area contributed by atoms with Crippen molar-refractivity contribution in [2.24, 2.45) is 11.7 Å². The number of hydrogen-bond acceptors (Lipinski definition) is 4. The maximum absolute atomic E-state index is 9.95. The Kier molecular flexibility index (Phi) is 5.38. The van der Waals surface area contributed by atoms with Gasteiger partial charge < -0.3 is 15.3 Å². The largest absolute Gasteiger partial charge is 0.388 e. The molecule has 21 heavy (non-hydrogen) atoms. The lowest BCUT2D eigenvalue weighted by molar-refractivity contribution is -0.176. The van der Waals surface area contributed by atoms with Crippen molar-refractivity contribution in [2.45, 2.75) is 50.5 Å². The fourth-order valence-corrected chi connectivity index (χ4v) is 2.66. The molecule has 1 aromatic carbocycles. The minimum Gasteiger partial charge on any atom is -0.388 e. The van der Waals surface area contributed by atoms with Crippen molar-refractivity contribution in [2.75, 3.05) is 0 Å². The van der Waals surface area contributed by atoms with Crippen molar-refractivity contribution >= 4 is 0 Å². The fraction of sp³-hybridized carbons (Fsp3) is 0.529. The Balaban J connectivity index is 2.05. The van der Waals surface area contributed by atoms with Gasteiger partial charge >= 0.3 is 0 Å². The summed E-state index contributed by atoms with van der Waals surface area (Å²) in [6, 6.07) is 7.18. The van der Waals surface area contributed by atoms with Gasteiger partial charge in [-0.05, 0) is 30.5 Å². The molecule has 1 unspecified atom stereocenters. The molecular weight excluding hydrogens is 266 g/mol. The van der Waals surface area contributed by atoms with Crippen molar-refractivity contribution in [1.29, 1.82) is 0 Å². The van der Waals surface area contributed by atoms with Gasteiger partial charge in [0.05, 0.1) is 6.10 Å². The Bertz CT molecular complexity index is 519. The number of benzene rings is 1. The second-order valence-corrected chi connectivity index (χ2v) is 5.83. The van der Waals surface area contributed by atoms with Crippen LogP contribution in [0.5, 0.6) is 0 Å². The zero-order valence-corrected chi connectivity index (χ0v) is 12.1. The zero-order chi connectivity index (χ0) is 15.3. The van der Waals surface area contributed by atoms with Crippen LogP contribution in [0.4, 0.5) is 0 Å². The molecule has 1 fully saturated rings. The van der Waals surface area contributed by atoms with Gasteiger partial charge in [-0.1, -0.05) is 43.2 Å². The number of aliphatic hydroxyl groups is 3. The van der Waals surface area contributed by atoms with Crippen LogP contribution < -0.4 is 5.73 Å². The summed E-state index contributed by atoms with van der Waals surface area (Å²) in [5.74, 6) is 4.55. The van der Waals surface area contributed by atoms with E-state index >= 15 is 0 Å². The summed E-state index contributed by atoms with van der Waals surface area (Å²) in [6.45, 7) is 0. The summed E-state index contributed by atoms with van der Waals surface area (Å²) in [6.07, 6.45) is 4.78. The van der Waals surface area contributed by atoms with Crippen molar-refractivity contribution in [3.8, 4) is 11.8 Å². The maximum Gasteiger partial charge on any atom is 0.222 e. The number of aliphatic hydroxyl groups excluding tert-OH is 1. The van der Waals surface area contributed by atoms with Crippen LogP contribution >= 0.6 is 0 Å². The third-order valence-corrected chi connectivity index (χ3v) is 3.79. The predicted octanol–water partition coefficient (Wildman–Crippen LogP) is 1.64. The van der Waals surface area contributed by atoms with Gasteiger partial charge in [-0.3, -0.25) is 5.73 Å². The van der Waals surface area contributed by atoms with Crippen LogP contribution in [0.2, 0.25) is 0 Å². The van der Waals surface area contributed by atoms with Crippen LogP contribution in [-0.2, 0) is 0 Å². The van der Waals surface area contributed by atoms with Crippen LogP contribution in [0.3, 0.4) is 0 Å². The van der Waals surface area contributed by atoms with Crippen LogP contribution in [0.1, 0.15) is 55.8 Å². The summed E-state index contributed by atoms with van der Waals surface area (Å²) >= 11 is 0. The van der Waals surface area contributed by atoms with Gasteiger partial charge in [0.15, 0.2) is 0 Å². The molecule has 1 saturated carbocycles. The minimum atomic E-state index is -2.37. The van der Waals surface area contributed by atoms with Crippen LogP contribution in [0.15, 0.2) is 24.3 Å². The molecule has 1 aliphatic carbocycles. The van der Waals surface area contributed by atoms with Gasteiger partial charge in [0.2, 0.25) is 5.91 Å². The summed E-state index contributed by atoms with van der Waals surface area (Å²) in [4.78, 5) is 0. The summed E-state index contributed by atoms with van der Waals surface area (Å²) in [5, 5.41) is 28.2. The second kappa shape index (κ2) is 7.06. The van der Waals surface area contributed by atoms with Gasteiger partial charge in [-0.25, -0.2) is 0 Å². The normalized spacial score (nSPS) is 17.9. The molecule has 0 saturated heterocycles. The molecule has 0 aliphatic heterocycles. The first-order valence-electron chi connectivity index (χ1n) is 7.47. The van der Waals surface area contributed by atoms with Crippen molar-refractivity contribution in [3.63, 3.8) is 0 Å². The number of rotatable bonds is 3. The highest BCUT2D eigenvalue weighted by Crippen LogP contribution is 2.23. The first-order valence-corrected chi connectivity index (χ1v) is 7.47. The molecule has 0 spiro atoms. The van der Waals surface area contributed by atoms with E-state index in [9.17, 15) is 5.11 Å². The van der Waals surface area contributed by atoms with Gasteiger partial charge in [-0.15, -0.1) is 0 Å². The lowest BCUT2D eigenvalue weighted by Gasteiger charge is -2.20. The third-order valence-electron chi connectivity index (χ3n) is 3.79. The average molecular weight is 289 g/mol. The SMILES string of the molecule is NC(O)(O)CC(O)c1cccc(C#CC2CCCCC2)c1. The lowest BCUT2D eigenvalue weighted by atomic mass is 9.89. The third kappa shape index (κ3) is 5.49. The van der Waals surface area contributed by atoms with E-state index in [0.717, 1.165) is 5.56 Å². The van der Waals surface area contributed by atoms with Gasteiger partial charge in [0, 0.05) is 17.9 Å². The molecule has 5 N–H and O–H groups in total. The number of hydrogen-bond donors (Lipinski definition) is 4. The first-order chi connectivity index (χ1) is 9.94. The Morgan fingerprint density at radius 2 is 1.95 bits per heavy atom. The van der Waals surface area contributed by atoms with E-state index < -0.39 is 12.0 Å². The molecule has 0 aromatic heterocycles. The minimum absolute atomic E-state index is 0.341. The smallest absolute Gasteiger partial charge is 0.222 e. The monoisotopic (exact) mass is 289 g/mol. The zero-order valence-electron chi connectivity index (χ0n) is 12.1. The topological polar surface area (TPSA) is 86.7 Å². The van der Waals surface area contributed by atoms with E-state index in [4.69, 9.17) is 15.9 Å². The summed E-state index contributed by atoms with van der Waals surface area (Å²) < 4.78 is 0. The maximum atomic E-state index is 9.95. The van der Waals surface area contributed by atoms with Gasteiger partial charge in [-0.2, -0.15) is 0 Å². The van der Waals surface area contributed by atoms with Gasteiger partial charge in [0.1, 0.15) is 0 Å². The molecule has 0 heterocycles. The van der Waals surface area contributed by atoms with E-state index in [0.29, 0.717) is 11.5 Å². The van der Waals surface area contributed by atoms with E-state index in [1.165, 1.54) is 32.1 Å². The molecule has 1 atom stereocenters. The molecule has 0 bridgehead atoms. The highest BCUT2D eigenvalue weighted by atomic mass is 16.5. The molecular formula is C17H23NO3. The molecule has 1 aliphatic rings. The van der Waals surface area contributed by atoms with E-state index in [2.05, 4.69) is 11.8 Å². The Hall–Kier alpha value is -1.38. The molecule has 114 valence electrons. The van der Waals surface area contributed by atoms with Crippen LogP contribution in [0, 0.1) is 17.8 Å². The Morgan fingerprint density at radius 3 is 2.62 bits per heavy atom. The summed E-state index contributed by atoms with van der Waals surface area (Å²) in [5.41, 5.74) is 6.51. The fourth-order valence-electron chi connectivity index (χ4n) is 2.66. The lowest BCUT2D eigenvalue weighted by Crippen LogP contribution is -2.40. The molecule has 4 nitrogen and oxygen atoms in total. The Morgan fingerprint density at radius 1 is 1.24 bits per heavy atom. The molecule has 4 heteroatoms. The standard InChI is InChI=1S/C17H23NO3/c18-17(20,21)12-16(19)15-8-4-7-14(11-15)10-9-13-5-2-1-3-6-13/h4,7-8,11,13,16,19-21H,1-3,5-6,12,18H2. The van der Waals surface area contributed by atoms with Crippen LogP contribution in [-0.4, -0.2) is 21.2 Å². The molecule has 1 aromatic rings. The van der Waals surface area contributed by atoms with E-state index in [1.807, 2.05) is 6.07 Å². The van der Waals surface area contributed by atoms with E-state index in [1.54, 1.807) is 18.2 Å². The number of nitrogens with two attached hydrogens (primary N) is 1. The molecule has 0 amide bonds. The second-order valence-electron chi connectivity index (χ2n) is 5.83. The van der Waals surface area contributed by atoms with Crippen molar-refractivity contribution in [1.82, 2.24) is 0 Å². The van der Waals surface area contributed by atoms with Gasteiger partial charge in [0.25, 0.3) is 0 Å². The molecule has 2 rings (SSSR count). The van der Waals surface area contributed by atoms with E-state index in [-0.39, 0.29) is 6.42 Å². The summed E-state index contributed by atoms with van der Waals surface area (Å²) in [7, 11) is 0. The predicted molar refractivity (Wildman–Crippen MR) is 80.8 cm³/mol. The highest BCUT2D eigenvalue weighted by molar-refractivity contribution is 5.38. The Labute approximate surface area is 125 Å².